The first kappa shape index (κ1) is 7.06. The third kappa shape index (κ3) is 1.23. The van der Waals surface area contributed by atoms with Gasteiger partial charge in [-0.05, 0) is 6.42 Å². The highest BCUT2D eigenvalue weighted by Crippen LogP contribution is 2.17. The fourth-order valence-corrected chi connectivity index (χ4v) is 1.42. The molecule has 62 valence electrons. The molecule has 0 N–H and O–H groups in total. The second-order valence-corrected chi connectivity index (χ2v) is 2.74. The lowest BCUT2D eigenvalue weighted by Crippen LogP contribution is -2.36. The van der Waals surface area contributed by atoms with E-state index in [2.05, 4.69) is 0 Å². The van der Waals surface area contributed by atoms with Crippen molar-refractivity contribution < 1.29 is 14.3 Å². The number of amides is 1. The van der Waals surface area contributed by atoms with Crippen LogP contribution in [-0.4, -0.2) is 37.0 Å². The molecule has 0 aromatic heterocycles. The minimum absolute atomic E-state index is 0.150. The number of likely N-dealkylation sites (tertiary alicyclic amines) is 1. The Kier molecular flexibility index (Phi) is 1.79. The van der Waals surface area contributed by atoms with Gasteiger partial charge in [-0.1, -0.05) is 0 Å². The molecule has 2 heterocycles. The van der Waals surface area contributed by atoms with E-state index in [1.54, 1.807) is 4.90 Å². The van der Waals surface area contributed by atoms with Gasteiger partial charge in [-0.3, -0.25) is 9.69 Å². The van der Waals surface area contributed by atoms with Crippen LogP contribution in [0, 0.1) is 0 Å². The van der Waals surface area contributed by atoms with Crippen molar-refractivity contribution in [3.8, 4) is 0 Å². The van der Waals surface area contributed by atoms with E-state index in [1.165, 1.54) is 0 Å². The van der Waals surface area contributed by atoms with E-state index < -0.39 is 0 Å². The van der Waals surface area contributed by atoms with Crippen molar-refractivity contribution in [1.82, 2.24) is 4.90 Å². The zero-order chi connectivity index (χ0) is 7.68. The van der Waals surface area contributed by atoms with Gasteiger partial charge in [0.2, 0.25) is 12.3 Å². The fraction of sp³-hybridized carbons (Fsp3) is 0.857. The summed E-state index contributed by atoms with van der Waals surface area (Å²) in [5, 5.41) is 0. The van der Waals surface area contributed by atoms with E-state index in [0.29, 0.717) is 19.6 Å². The molecule has 1 amide bonds. The summed E-state index contributed by atoms with van der Waals surface area (Å²) in [4.78, 5) is 12.8. The minimum atomic E-state index is -0.384. The summed E-state index contributed by atoms with van der Waals surface area (Å²) in [7, 11) is 0. The average molecular weight is 157 g/mol. The lowest BCUT2D eigenvalue weighted by molar-refractivity contribution is -0.168. The first-order chi connectivity index (χ1) is 5.38. The molecule has 0 aromatic rings. The number of carbonyl (C=O) groups excluding carboxylic acids is 1. The number of rotatable bonds is 1. The zero-order valence-electron chi connectivity index (χ0n) is 6.28. The Morgan fingerprint density at radius 2 is 2.09 bits per heavy atom. The van der Waals surface area contributed by atoms with Crippen LogP contribution in [0.3, 0.4) is 0 Å². The van der Waals surface area contributed by atoms with Gasteiger partial charge < -0.3 is 9.47 Å². The van der Waals surface area contributed by atoms with E-state index in [1.807, 2.05) is 0 Å². The molecule has 2 aliphatic heterocycles. The van der Waals surface area contributed by atoms with E-state index in [0.717, 1.165) is 13.0 Å². The minimum Gasteiger partial charge on any atom is -0.333 e. The maximum atomic E-state index is 11.1. The maximum Gasteiger partial charge on any atom is 0.242 e. The smallest absolute Gasteiger partial charge is 0.242 e. The van der Waals surface area contributed by atoms with Crippen molar-refractivity contribution in [1.29, 1.82) is 0 Å². The third-order valence-corrected chi connectivity index (χ3v) is 1.97. The molecule has 0 bridgehead atoms. The molecule has 11 heavy (non-hydrogen) atoms. The summed E-state index contributed by atoms with van der Waals surface area (Å²) in [5.41, 5.74) is 0. The third-order valence-electron chi connectivity index (χ3n) is 1.97. The monoisotopic (exact) mass is 157 g/mol. The predicted molar refractivity (Wildman–Crippen MR) is 36.6 cm³/mol. The summed E-state index contributed by atoms with van der Waals surface area (Å²) >= 11 is 0. The molecule has 0 aromatic carbocycles. The van der Waals surface area contributed by atoms with Gasteiger partial charge in [-0.25, -0.2) is 0 Å². The highest BCUT2D eigenvalue weighted by Gasteiger charge is 2.31. The number of nitrogens with zero attached hydrogens (tertiary/aromatic N) is 1. The predicted octanol–water partition coefficient (Wildman–Crippen LogP) is -0.0608. The van der Waals surface area contributed by atoms with Gasteiger partial charge in [-0.2, -0.15) is 0 Å². The first-order valence-electron chi connectivity index (χ1n) is 3.90. The van der Waals surface area contributed by atoms with Gasteiger partial charge in [-0.15, -0.1) is 0 Å². The highest BCUT2D eigenvalue weighted by molar-refractivity contribution is 5.78. The number of hydrogen-bond donors (Lipinski definition) is 0. The molecule has 0 saturated carbocycles. The zero-order valence-corrected chi connectivity index (χ0v) is 6.28. The summed E-state index contributed by atoms with van der Waals surface area (Å²) in [6.07, 6.45) is 1.19. The van der Waals surface area contributed by atoms with Crippen LogP contribution in [0.4, 0.5) is 0 Å². The van der Waals surface area contributed by atoms with Crippen LogP contribution in [0.1, 0.15) is 12.8 Å². The molecule has 0 aliphatic carbocycles. The molecule has 2 saturated heterocycles. The van der Waals surface area contributed by atoms with Gasteiger partial charge in [0.05, 0.1) is 13.2 Å². The van der Waals surface area contributed by atoms with Crippen LogP contribution < -0.4 is 0 Å². The molecule has 0 unspecified atom stereocenters. The van der Waals surface area contributed by atoms with Crippen LogP contribution in [0.2, 0.25) is 0 Å². The largest absolute Gasteiger partial charge is 0.333 e. The Hall–Kier alpha value is -0.610. The van der Waals surface area contributed by atoms with Crippen molar-refractivity contribution >= 4 is 5.91 Å². The van der Waals surface area contributed by atoms with E-state index in [4.69, 9.17) is 9.47 Å². The summed E-state index contributed by atoms with van der Waals surface area (Å²) in [6, 6.07) is 0. The quantitative estimate of drug-likeness (QED) is 0.535. The molecular weight excluding hydrogens is 146 g/mol. The normalized spacial score (nSPS) is 26.9. The second-order valence-electron chi connectivity index (χ2n) is 2.74. The van der Waals surface area contributed by atoms with Gasteiger partial charge in [0.1, 0.15) is 0 Å². The van der Waals surface area contributed by atoms with E-state index >= 15 is 0 Å². The SMILES string of the molecule is O=C1CCCN1C1OCCO1. The Labute approximate surface area is 65.1 Å². The van der Waals surface area contributed by atoms with Crippen LogP contribution in [0.15, 0.2) is 0 Å². The fourth-order valence-electron chi connectivity index (χ4n) is 1.42. The van der Waals surface area contributed by atoms with Crippen LogP contribution in [0.5, 0.6) is 0 Å². The van der Waals surface area contributed by atoms with Gasteiger partial charge in [0, 0.05) is 13.0 Å². The van der Waals surface area contributed by atoms with Crippen LogP contribution >= 0.6 is 0 Å². The lowest BCUT2D eigenvalue weighted by Gasteiger charge is -2.20. The topological polar surface area (TPSA) is 38.8 Å². The first-order valence-corrected chi connectivity index (χ1v) is 3.90. The molecule has 0 radical (unpaired) electrons. The number of carbonyl (C=O) groups is 1. The molecule has 4 heteroatoms. The van der Waals surface area contributed by atoms with Crippen molar-refractivity contribution in [2.24, 2.45) is 0 Å². The van der Waals surface area contributed by atoms with Crippen molar-refractivity contribution in [3.05, 3.63) is 0 Å². The summed E-state index contributed by atoms with van der Waals surface area (Å²) in [5.74, 6) is 0.150. The molecule has 2 rings (SSSR count). The van der Waals surface area contributed by atoms with Crippen LogP contribution in [0.25, 0.3) is 0 Å². The van der Waals surface area contributed by atoms with E-state index in [-0.39, 0.29) is 12.3 Å². The highest BCUT2D eigenvalue weighted by atomic mass is 16.7. The van der Waals surface area contributed by atoms with Gasteiger partial charge in [0.25, 0.3) is 0 Å². The molecular formula is C7H11NO3. The van der Waals surface area contributed by atoms with Crippen molar-refractivity contribution in [2.75, 3.05) is 19.8 Å². The molecule has 4 nitrogen and oxygen atoms in total. The lowest BCUT2D eigenvalue weighted by atomic mass is 10.4. The van der Waals surface area contributed by atoms with E-state index in [9.17, 15) is 4.79 Å². The molecule has 2 aliphatic rings. The number of hydrogen-bond acceptors (Lipinski definition) is 3. The average Bonchev–Trinajstić information content (AvgIpc) is 2.55. The Morgan fingerprint density at radius 3 is 2.64 bits per heavy atom. The standard InChI is InChI=1S/C7H11NO3/c9-6-2-1-3-8(6)7-10-4-5-11-7/h7H,1-5H2. The molecule has 0 spiro atoms. The molecule has 2 fully saturated rings. The van der Waals surface area contributed by atoms with Crippen molar-refractivity contribution in [2.45, 2.75) is 19.3 Å². The van der Waals surface area contributed by atoms with Gasteiger partial charge in [0.15, 0.2) is 0 Å². The number of ether oxygens (including phenoxy) is 2. The Morgan fingerprint density at radius 1 is 1.36 bits per heavy atom. The maximum absolute atomic E-state index is 11.1. The second kappa shape index (κ2) is 2.79. The Balaban J connectivity index is 1.97. The summed E-state index contributed by atoms with van der Waals surface area (Å²) < 4.78 is 10.4. The van der Waals surface area contributed by atoms with Gasteiger partial charge >= 0.3 is 0 Å². The summed E-state index contributed by atoms with van der Waals surface area (Å²) in [6.45, 7) is 1.99. The molecule has 0 atom stereocenters. The Bertz CT molecular complexity index is 165. The van der Waals surface area contributed by atoms with Crippen molar-refractivity contribution in [3.63, 3.8) is 0 Å². The van der Waals surface area contributed by atoms with Crippen LogP contribution in [-0.2, 0) is 14.3 Å².